The van der Waals surface area contributed by atoms with Gasteiger partial charge in [0, 0.05) is 18.0 Å². The lowest BCUT2D eigenvalue weighted by Gasteiger charge is -2.14. The third-order valence-corrected chi connectivity index (χ3v) is 7.12. The Morgan fingerprint density at radius 3 is 2.64 bits per heavy atom. The zero-order valence-corrected chi connectivity index (χ0v) is 22.3. The number of pyridine rings is 1. The lowest BCUT2D eigenvalue weighted by molar-refractivity contribution is 0.0973. The van der Waals surface area contributed by atoms with Crippen LogP contribution in [0.5, 0.6) is 5.75 Å². The number of carbonyl (C=O) groups is 2. The first-order valence-corrected chi connectivity index (χ1v) is 12.9. The average Bonchev–Trinajstić information content (AvgIpc) is 3.48. The molecule has 0 aliphatic heterocycles. The van der Waals surface area contributed by atoms with Crippen LogP contribution >= 0.6 is 0 Å². The van der Waals surface area contributed by atoms with E-state index in [0.29, 0.717) is 40.6 Å². The molecule has 0 saturated heterocycles. The van der Waals surface area contributed by atoms with Crippen LogP contribution in [0.4, 0.5) is 10.2 Å². The van der Waals surface area contributed by atoms with Crippen LogP contribution in [0.1, 0.15) is 70.5 Å². The van der Waals surface area contributed by atoms with Gasteiger partial charge in [-0.15, -0.1) is 10.2 Å². The van der Waals surface area contributed by atoms with Gasteiger partial charge in [0.25, 0.3) is 5.91 Å². The minimum Gasteiger partial charge on any atom is -0.496 e. The number of ketones is 1. The van der Waals surface area contributed by atoms with Crippen molar-refractivity contribution in [2.75, 3.05) is 12.4 Å². The number of methoxy groups -OCH3 is 1. The van der Waals surface area contributed by atoms with E-state index in [0.717, 1.165) is 17.5 Å². The molecule has 200 valence electrons. The van der Waals surface area contributed by atoms with Crippen molar-refractivity contribution < 1.29 is 18.7 Å². The van der Waals surface area contributed by atoms with E-state index in [9.17, 15) is 14.0 Å². The number of Topliss-reactive ketones (excluding diaryl/α,β-unsaturated/α-hetero) is 1. The Balaban J connectivity index is 1.34. The molecule has 5 rings (SSSR count). The number of carbonyl (C=O) groups excluding carboxylic acids is 2. The van der Waals surface area contributed by atoms with E-state index in [-0.39, 0.29) is 35.4 Å². The van der Waals surface area contributed by atoms with Crippen LogP contribution in [-0.2, 0) is 0 Å². The van der Waals surface area contributed by atoms with Gasteiger partial charge in [-0.2, -0.15) is 0 Å². The molecule has 1 aliphatic carbocycles. The number of amides is 1. The number of nitrogens with zero attached hydrogens (tertiary/aromatic N) is 4. The van der Waals surface area contributed by atoms with Gasteiger partial charge in [0.2, 0.25) is 0 Å². The van der Waals surface area contributed by atoms with Crippen LogP contribution in [0, 0.1) is 18.7 Å². The second kappa shape index (κ2) is 10.8. The van der Waals surface area contributed by atoms with E-state index in [4.69, 9.17) is 4.74 Å². The van der Waals surface area contributed by atoms with Gasteiger partial charge < -0.3 is 14.6 Å². The van der Waals surface area contributed by atoms with Crippen molar-refractivity contribution in [2.45, 2.75) is 45.6 Å². The molecule has 2 aromatic carbocycles. The molecule has 2 unspecified atom stereocenters. The fourth-order valence-corrected chi connectivity index (χ4v) is 4.91. The Labute approximate surface area is 226 Å². The summed E-state index contributed by atoms with van der Waals surface area (Å²) < 4.78 is 20.7. The smallest absolute Gasteiger partial charge is 0.260 e. The topological polar surface area (TPSA) is 99.0 Å². The largest absolute Gasteiger partial charge is 0.496 e. The van der Waals surface area contributed by atoms with Gasteiger partial charge >= 0.3 is 0 Å². The fraction of sp³-hybridized carbons (Fsp3) is 0.300. The standard InChI is InChI=1S/C30H30FN5O3/c1-17(2)36-16-32-35-29(36)25-6-5-7-28(33-25)34-30(38)24-15-22(18(3)12-27(24)39-4)23-13-20(23)14-26(37)19-8-10-21(31)11-9-19/h5-12,15-17,20,23H,13-14H2,1-4H3,(H,33,34,38). The van der Waals surface area contributed by atoms with Crippen LogP contribution in [0.15, 0.2) is 60.9 Å². The van der Waals surface area contributed by atoms with Gasteiger partial charge in [0.1, 0.15) is 29.4 Å². The Morgan fingerprint density at radius 2 is 1.92 bits per heavy atom. The molecule has 1 fully saturated rings. The molecule has 0 radical (unpaired) electrons. The molecule has 1 amide bonds. The van der Waals surface area contributed by atoms with Crippen molar-refractivity contribution in [3.8, 4) is 17.3 Å². The lowest BCUT2D eigenvalue weighted by atomic mass is 9.97. The van der Waals surface area contributed by atoms with Crippen molar-refractivity contribution in [1.82, 2.24) is 19.7 Å². The van der Waals surface area contributed by atoms with Crippen LogP contribution < -0.4 is 10.1 Å². The zero-order chi connectivity index (χ0) is 27.7. The molecule has 0 bridgehead atoms. The van der Waals surface area contributed by atoms with Crippen LogP contribution in [0.2, 0.25) is 0 Å². The Bertz CT molecular complexity index is 1530. The van der Waals surface area contributed by atoms with E-state index in [1.165, 1.54) is 31.4 Å². The van der Waals surface area contributed by atoms with Gasteiger partial charge in [0.05, 0.1) is 12.7 Å². The monoisotopic (exact) mass is 527 g/mol. The predicted octanol–water partition coefficient (Wildman–Crippen LogP) is 6.01. The third-order valence-electron chi connectivity index (χ3n) is 7.12. The van der Waals surface area contributed by atoms with Crippen LogP contribution in [-0.4, -0.2) is 38.5 Å². The van der Waals surface area contributed by atoms with Gasteiger partial charge in [-0.3, -0.25) is 9.59 Å². The summed E-state index contributed by atoms with van der Waals surface area (Å²) in [6, 6.07) is 14.9. The van der Waals surface area contributed by atoms with Gasteiger partial charge in [-0.1, -0.05) is 6.07 Å². The molecule has 8 nitrogen and oxygen atoms in total. The Morgan fingerprint density at radius 1 is 1.15 bits per heavy atom. The molecule has 2 heterocycles. The molecule has 2 atom stereocenters. The number of benzene rings is 2. The molecule has 1 saturated carbocycles. The Kier molecular flexibility index (Phi) is 7.24. The van der Waals surface area contributed by atoms with Crippen LogP contribution in [0.3, 0.4) is 0 Å². The Hall–Kier alpha value is -4.40. The highest BCUT2D eigenvalue weighted by Crippen LogP contribution is 2.51. The summed E-state index contributed by atoms with van der Waals surface area (Å²) in [4.78, 5) is 30.7. The number of aryl methyl sites for hydroxylation is 1. The summed E-state index contributed by atoms with van der Waals surface area (Å²) in [6.07, 6.45) is 2.88. The molecule has 1 aliphatic rings. The average molecular weight is 528 g/mol. The highest BCUT2D eigenvalue weighted by Gasteiger charge is 2.41. The lowest BCUT2D eigenvalue weighted by Crippen LogP contribution is -2.15. The van der Waals surface area contributed by atoms with E-state index in [1.807, 2.05) is 49.6 Å². The van der Waals surface area contributed by atoms with E-state index in [2.05, 4.69) is 20.5 Å². The first-order chi connectivity index (χ1) is 18.7. The summed E-state index contributed by atoms with van der Waals surface area (Å²) in [7, 11) is 1.53. The molecule has 39 heavy (non-hydrogen) atoms. The highest BCUT2D eigenvalue weighted by atomic mass is 19.1. The fourth-order valence-electron chi connectivity index (χ4n) is 4.91. The first-order valence-electron chi connectivity index (χ1n) is 12.9. The van der Waals surface area contributed by atoms with Gasteiger partial charge in [0.15, 0.2) is 11.6 Å². The summed E-state index contributed by atoms with van der Waals surface area (Å²) >= 11 is 0. The maximum atomic E-state index is 13.4. The van der Waals surface area contributed by atoms with E-state index >= 15 is 0 Å². The summed E-state index contributed by atoms with van der Waals surface area (Å²) in [6.45, 7) is 6.04. The van der Waals surface area contributed by atoms with Crippen molar-refractivity contribution >= 4 is 17.5 Å². The van der Waals surface area contributed by atoms with Crippen LogP contribution in [0.25, 0.3) is 11.5 Å². The second-order valence-corrected chi connectivity index (χ2v) is 10.2. The number of halogens is 1. The maximum Gasteiger partial charge on any atom is 0.260 e. The molecule has 0 spiro atoms. The molecule has 9 heteroatoms. The quantitative estimate of drug-likeness (QED) is 0.268. The predicted molar refractivity (Wildman–Crippen MR) is 146 cm³/mol. The first kappa shape index (κ1) is 26.2. The molecular weight excluding hydrogens is 497 g/mol. The molecule has 1 N–H and O–H groups in total. The molecule has 4 aromatic rings. The third kappa shape index (κ3) is 5.57. The van der Waals surface area contributed by atoms with Crippen molar-refractivity contribution in [3.63, 3.8) is 0 Å². The minimum absolute atomic E-state index is 0.00844. The number of hydrogen-bond donors (Lipinski definition) is 1. The number of hydrogen-bond acceptors (Lipinski definition) is 6. The normalized spacial score (nSPS) is 16.3. The number of nitrogens with one attached hydrogen (secondary N) is 1. The maximum absolute atomic E-state index is 13.4. The number of anilines is 1. The number of aromatic nitrogens is 4. The number of ether oxygens (including phenoxy) is 1. The van der Waals surface area contributed by atoms with Gasteiger partial charge in [-0.25, -0.2) is 9.37 Å². The van der Waals surface area contributed by atoms with E-state index in [1.54, 1.807) is 12.4 Å². The zero-order valence-electron chi connectivity index (χ0n) is 22.3. The SMILES string of the molecule is COc1cc(C)c(C2CC2CC(=O)c2ccc(F)cc2)cc1C(=O)Nc1cccc(-c2nncn2C(C)C)n1. The summed E-state index contributed by atoms with van der Waals surface area (Å²) in [5.41, 5.74) is 3.52. The highest BCUT2D eigenvalue weighted by molar-refractivity contribution is 6.06. The summed E-state index contributed by atoms with van der Waals surface area (Å²) in [5.74, 6) is 1.08. The molecule has 2 aromatic heterocycles. The van der Waals surface area contributed by atoms with Crippen molar-refractivity contribution in [2.24, 2.45) is 5.92 Å². The number of rotatable bonds is 9. The van der Waals surface area contributed by atoms with Crippen molar-refractivity contribution in [1.29, 1.82) is 0 Å². The molecular formula is C30H30FN5O3. The van der Waals surface area contributed by atoms with Gasteiger partial charge in [-0.05, 0) is 98.7 Å². The van der Waals surface area contributed by atoms with Crippen molar-refractivity contribution in [3.05, 3.63) is 89.0 Å². The summed E-state index contributed by atoms with van der Waals surface area (Å²) in [5, 5.41) is 11.1. The second-order valence-electron chi connectivity index (χ2n) is 10.2. The minimum atomic E-state index is -0.365. The van der Waals surface area contributed by atoms with E-state index < -0.39 is 0 Å².